The molecule has 0 saturated heterocycles. The first-order valence-corrected chi connectivity index (χ1v) is 6.29. The maximum atomic E-state index is 11.3. The van der Waals surface area contributed by atoms with Crippen molar-refractivity contribution in [1.82, 2.24) is 16.0 Å². The maximum absolute atomic E-state index is 11.3. The van der Waals surface area contributed by atoms with Gasteiger partial charge in [0.15, 0.2) is 0 Å². The van der Waals surface area contributed by atoms with Crippen molar-refractivity contribution in [2.24, 2.45) is 5.92 Å². The molecule has 0 radical (unpaired) electrons. The molecule has 18 heavy (non-hydrogen) atoms. The quantitative estimate of drug-likeness (QED) is 0.462. The van der Waals surface area contributed by atoms with Gasteiger partial charge in [-0.25, -0.2) is 0 Å². The van der Waals surface area contributed by atoms with E-state index >= 15 is 0 Å². The third-order valence-electron chi connectivity index (χ3n) is 2.13. The van der Waals surface area contributed by atoms with Gasteiger partial charge in [-0.2, -0.15) is 0 Å². The summed E-state index contributed by atoms with van der Waals surface area (Å²) in [6.45, 7) is 6.26. The molecule has 0 atom stereocenters. The molecular weight excluding hydrogens is 234 g/mol. The lowest BCUT2D eigenvalue weighted by Gasteiger charge is -2.09. The minimum atomic E-state index is -0.109. The molecule has 0 aliphatic rings. The minimum absolute atomic E-state index is 0.0871. The molecule has 6 nitrogen and oxygen atoms in total. The van der Waals surface area contributed by atoms with Crippen LogP contribution in [0.1, 0.15) is 20.3 Å². The summed E-state index contributed by atoms with van der Waals surface area (Å²) in [6, 6.07) is 0. The van der Waals surface area contributed by atoms with E-state index in [0.29, 0.717) is 25.6 Å². The van der Waals surface area contributed by atoms with Gasteiger partial charge in [0.25, 0.3) is 0 Å². The average molecular weight is 259 g/mol. The fraction of sp³-hybridized carbons (Fsp3) is 0.833. The number of ether oxygens (including phenoxy) is 1. The van der Waals surface area contributed by atoms with Crippen LogP contribution in [0.25, 0.3) is 0 Å². The summed E-state index contributed by atoms with van der Waals surface area (Å²) < 4.78 is 4.86. The van der Waals surface area contributed by atoms with Crippen molar-refractivity contribution in [2.75, 3.05) is 39.9 Å². The highest BCUT2D eigenvalue weighted by atomic mass is 16.5. The fourth-order valence-electron chi connectivity index (χ4n) is 1.18. The summed E-state index contributed by atoms with van der Waals surface area (Å²) in [7, 11) is 1.62. The number of hydrogen-bond donors (Lipinski definition) is 3. The second-order valence-electron chi connectivity index (χ2n) is 4.50. The zero-order valence-electron chi connectivity index (χ0n) is 11.5. The number of rotatable bonds is 10. The van der Waals surface area contributed by atoms with E-state index in [9.17, 15) is 9.59 Å². The molecule has 106 valence electrons. The molecule has 0 saturated carbocycles. The van der Waals surface area contributed by atoms with E-state index in [4.69, 9.17) is 4.74 Å². The van der Waals surface area contributed by atoms with Crippen LogP contribution in [0.5, 0.6) is 0 Å². The Hall–Kier alpha value is -1.14. The van der Waals surface area contributed by atoms with Gasteiger partial charge in [0.1, 0.15) is 0 Å². The first-order chi connectivity index (χ1) is 8.56. The summed E-state index contributed by atoms with van der Waals surface area (Å²) in [5.74, 6) is 0.233. The standard InChI is InChI=1S/C12H25N3O3/c1-10(2)7-15-12(17)9-13-8-11(16)14-5-4-6-18-3/h10,13H,4-9H2,1-3H3,(H,14,16)(H,15,17). The van der Waals surface area contributed by atoms with Gasteiger partial charge in [-0.15, -0.1) is 0 Å². The number of amides is 2. The van der Waals surface area contributed by atoms with Gasteiger partial charge >= 0.3 is 0 Å². The number of methoxy groups -OCH3 is 1. The number of nitrogens with one attached hydrogen (secondary N) is 3. The van der Waals surface area contributed by atoms with Crippen LogP contribution in [0.3, 0.4) is 0 Å². The molecule has 0 bridgehead atoms. The highest BCUT2D eigenvalue weighted by molar-refractivity contribution is 5.81. The Kier molecular flexibility index (Phi) is 10.3. The summed E-state index contributed by atoms with van der Waals surface area (Å²) >= 11 is 0. The van der Waals surface area contributed by atoms with E-state index in [2.05, 4.69) is 16.0 Å². The first-order valence-electron chi connectivity index (χ1n) is 6.29. The Morgan fingerprint density at radius 1 is 1.11 bits per heavy atom. The van der Waals surface area contributed by atoms with Gasteiger partial charge in [-0.1, -0.05) is 13.8 Å². The van der Waals surface area contributed by atoms with E-state index in [1.54, 1.807) is 7.11 Å². The molecule has 0 unspecified atom stereocenters. The Morgan fingerprint density at radius 2 is 1.72 bits per heavy atom. The number of hydrogen-bond acceptors (Lipinski definition) is 4. The van der Waals surface area contributed by atoms with Gasteiger partial charge in [0.2, 0.25) is 11.8 Å². The van der Waals surface area contributed by atoms with Crippen molar-refractivity contribution in [3.05, 3.63) is 0 Å². The van der Waals surface area contributed by atoms with Crippen molar-refractivity contribution >= 4 is 11.8 Å². The molecule has 0 aliphatic heterocycles. The van der Waals surface area contributed by atoms with Crippen LogP contribution in [0.2, 0.25) is 0 Å². The molecule has 0 aromatic heterocycles. The third kappa shape index (κ3) is 11.3. The molecule has 0 aromatic rings. The molecule has 0 fully saturated rings. The summed E-state index contributed by atoms with van der Waals surface area (Å²) in [4.78, 5) is 22.6. The number of carbonyl (C=O) groups is 2. The second-order valence-corrected chi connectivity index (χ2v) is 4.50. The fourth-order valence-corrected chi connectivity index (χ4v) is 1.18. The molecule has 0 spiro atoms. The van der Waals surface area contributed by atoms with E-state index < -0.39 is 0 Å². The Labute approximate surface area is 109 Å². The SMILES string of the molecule is COCCCNC(=O)CNCC(=O)NCC(C)C. The normalized spacial score (nSPS) is 10.4. The zero-order chi connectivity index (χ0) is 13.8. The first kappa shape index (κ1) is 16.9. The van der Waals surface area contributed by atoms with Crippen LogP contribution in [-0.2, 0) is 14.3 Å². The zero-order valence-corrected chi connectivity index (χ0v) is 11.5. The van der Waals surface area contributed by atoms with Crippen molar-refractivity contribution < 1.29 is 14.3 Å². The lowest BCUT2D eigenvalue weighted by atomic mass is 10.2. The highest BCUT2D eigenvalue weighted by Crippen LogP contribution is 1.86. The molecule has 2 amide bonds. The summed E-state index contributed by atoms with van der Waals surface area (Å²) in [5, 5.41) is 8.29. The third-order valence-corrected chi connectivity index (χ3v) is 2.13. The van der Waals surface area contributed by atoms with Gasteiger partial charge < -0.3 is 15.4 Å². The van der Waals surface area contributed by atoms with E-state index in [-0.39, 0.29) is 24.9 Å². The predicted octanol–water partition coefficient (Wildman–Crippen LogP) is -0.499. The van der Waals surface area contributed by atoms with Gasteiger partial charge in [-0.3, -0.25) is 14.9 Å². The van der Waals surface area contributed by atoms with Gasteiger partial charge in [0, 0.05) is 26.8 Å². The largest absolute Gasteiger partial charge is 0.385 e. The second kappa shape index (κ2) is 11.0. The van der Waals surface area contributed by atoms with Crippen molar-refractivity contribution in [3.8, 4) is 0 Å². The number of carbonyl (C=O) groups excluding carboxylic acids is 2. The highest BCUT2D eigenvalue weighted by Gasteiger charge is 2.04. The van der Waals surface area contributed by atoms with Crippen molar-refractivity contribution in [1.29, 1.82) is 0 Å². The Balaban J connectivity index is 3.41. The van der Waals surface area contributed by atoms with Crippen LogP contribution < -0.4 is 16.0 Å². The smallest absolute Gasteiger partial charge is 0.233 e. The monoisotopic (exact) mass is 259 g/mol. The Bertz CT molecular complexity index is 245. The van der Waals surface area contributed by atoms with Crippen LogP contribution in [0.4, 0.5) is 0 Å². The Morgan fingerprint density at radius 3 is 2.28 bits per heavy atom. The lowest BCUT2D eigenvalue weighted by molar-refractivity contribution is -0.121. The molecule has 3 N–H and O–H groups in total. The van der Waals surface area contributed by atoms with E-state index in [0.717, 1.165) is 6.42 Å². The molecular formula is C12H25N3O3. The predicted molar refractivity (Wildman–Crippen MR) is 70.2 cm³/mol. The van der Waals surface area contributed by atoms with E-state index in [1.807, 2.05) is 13.8 Å². The van der Waals surface area contributed by atoms with E-state index in [1.165, 1.54) is 0 Å². The minimum Gasteiger partial charge on any atom is -0.385 e. The van der Waals surface area contributed by atoms with Crippen molar-refractivity contribution in [3.63, 3.8) is 0 Å². The van der Waals surface area contributed by atoms with Crippen LogP contribution >= 0.6 is 0 Å². The molecule has 0 aliphatic carbocycles. The average Bonchev–Trinajstić information content (AvgIpc) is 2.32. The summed E-state index contributed by atoms with van der Waals surface area (Å²) in [5.41, 5.74) is 0. The van der Waals surface area contributed by atoms with Crippen LogP contribution in [0, 0.1) is 5.92 Å². The summed E-state index contributed by atoms with van der Waals surface area (Å²) in [6.07, 6.45) is 0.789. The molecule has 0 aromatic carbocycles. The topological polar surface area (TPSA) is 79.5 Å². The maximum Gasteiger partial charge on any atom is 0.233 e. The van der Waals surface area contributed by atoms with Crippen LogP contribution in [0.15, 0.2) is 0 Å². The van der Waals surface area contributed by atoms with Crippen molar-refractivity contribution in [2.45, 2.75) is 20.3 Å². The lowest BCUT2D eigenvalue weighted by Crippen LogP contribution is -2.40. The molecule has 0 heterocycles. The van der Waals surface area contributed by atoms with Gasteiger partial charge in [0.05, 0.1) is 13.1 Å². The van der Waals surface area contributed by atoms with Gasteiger partial charge in [-0.05, 0) is 12.3 Å². The molecule has 0 rings (SSSR count). The molecule has 6 heteroatoms. The van der Waals surface area contributed by atoms with Crippen LogP contribution in [-0.4, -0.2) is 51.7 Å².